The number of nitrogens with zero attached hydrogens (tertiary/aromatic N) is 2. The van der Waals surface area contributed by atoms with Crippen molar-refractivity contribution < 1.29 is 0 Å². The highest BCUT2D eigenvalue weighted by Gasteiger charge is 2.60. The van der Waals surface area contributed by atoms with E-state index >= 15 is 0 Å². The SMILES string of the molecule is CC(C)CCc1cc2c(nn1)[C@@]1(C)CC[C@@H]2C1(C)C. The second-order valence-electron chi connectivity index (χ2n) is 7.72. The van der Waals surface area contributed by atoms with Crippen molar-refractivity contribution in [1.82, 2.24) is 10.2 Å². The molecule has 1 heterocycles. The van der Waals surface area contributed by atoms with Crippen molar-refractivity contribution in [2.75, 3.05) is 0 Å². The molecule has 0 amide bonds. The van der Waals surface area contributed by atoms with Crippen molar-refractivity contribution >= 4 is 0 Å². The van der Waals surface area contributed by atoms with Crippen LogP contribution in [0.2, 0.25) is 0 Å². The molecule has 19 heavy (non-hydrogen) atoms. The van der Waals surface area contributed by atoms with Crippen LogP contribution in [0.15, 0.2) is 6.07 Å². The summed E-state index contributed by atoms with van der Waals surface area (Å²) < 4.78 is 0. The highest BCUT2D eigenvalue weighted by Crippen LogP contribution is 2.66. The van der Waals surface area contributed by atoms with Crippen LogP contribution in [0.3, 0.4) is 0 Å². The monoisotopic (exact) mass is 258 g/mol. The molecule has 104 valence electrons. The zero-order chi connectivity index (χ0) is 13.8. The first-order valence-corrected chi connectivity index (χ1v) is 7.73. The lowest BCUT2D eigenvalue weighted by Gasteiger charge is -2.33. The van der Waals surface area contributed by atoms with E-state index in [4.69, 9.17) is 0 Å². The van der Waals surface area contributed by atoms with E-state index in [0.717, 1.165) is 12.3 Å². The molecule has 0 N–H and O–H groups in total. The Morgan fingerprint density at radius 2 is 2.00 bits per heavy atom. The van der Waals surface area contributed by atoms with Gasteiger partial charge < -0.3 is 0 Å². The van der Waals surface area contributed by atoms with Gasteiger partial charge in [-0.15, -0.1) is 0 Å². The molecule has 0 radical (unpaired) electrons. The molecule has 0 spiro atoms. The van der Waals surface area contributed by atoms with Gasteiger partial charge >= 0.3 is 0 Å². The molecular formula is C17H26N2. The summed E-state index contributed by atoms with van der Waals surface area (Å²) >= 11 is 0. The van der Waals surface area contributed by atoms with Gasteiger partial charge in [0.15, 0.2) is 0 Å². The van der Waals surface area contributed by atoms with E-state index in [2.05, 4.69) is 50.9 Å². The maximum Gasteiger partial charge on any atom is 0.0730 e. The molecule has 2 atom stereocenters. The van der Waals surface area contributed by atoms with Crippen molar-refractivity contribution in [1.29, 1.82) is 0 Å². The Morgan fingerprint density at radius 3 is 2.68 bits per heavy atom. The van der Waals surface area contributed by atoms with Crippen LogP contribution in [-0.4, -0.2) is 10.2 Å². The third-order valence-electron chi connectivity index (χ3n) is 5.98. The Morgan fingerprint density at radius 1 is 1.26 bits per heavy atom. The maximum atomic E-state index is 4.64. The summed E-state index contributed by atoms with van der Waals surface area (Å²) in [6, 6.07) is 2.36. The molecule has 2 bridgehead atoms. The Labute approximate surface area is 117 Å². The third kappa shape index (κ3) is 1.68. The second kappa shape index (κ2) is 4.04. The maximum absolute atomic E-state index is 4.64. The van der Waals surface area contributed by atoms with E-state index in [9.17, 15) is 0 Å². The van der Waals surface area contributed by atoms with Gasteiger partial charge in [-0.05, 0) is 54.6 Å². The minimum Gasteiger partial charge on any atom is -0.155 e. The van der Waals surface area contributed by atoms with Crippen LogP contribution < -0.4 is 0 Å². The average Bonchev–Trinajstić information content (AvgIpc) is 2.67. The predicted molar refractivity (Wildman–Crippen MR) is 78.3 cm³/mol. The average molecular weight is 258 g/mol. The topological polar surface area (TPSA) is 25.8 Å². The number of aromatic nitrogens is 2. The molecule has 2 heteroatoms. The van der Waals surface area contributed by atoms with E-state index < -0.39 is 0 Å². The number of rotatable bonds is 3. The lowest BCUT2D eigenvalue weighted by Crippen LogP contribution is -2.32. The highest BCUT2D eigenvalue weighted by molar-refractivity contribution is 5.45. The Hall–Kier alpha value is -0.920. The molecule has 1 saturated carbocycles. The van der Waals surface area contributed by atoms with Gasteiger partial charge in [0, 0.05) is 5.41 Å². The normalized spacial score (nSPS) is 30.9. The lowest BCUT2D eigenvalue weighted by atomic mass is 9.70. The molecule has 2 aliphatic carbocycles. The van der Waals surface area contributed by atoms with Gasteiger partial charge in [0.1, 0.15) is 0 Å². The molecule has 0 saturated heterocycles. The summed E-state index contributed by atoms with van der Waals surface area (Å²) in [5, 5.41) is 9.14. The molecule has 2 aliphatic rings. The molecule has 0 aromatic carbocycles. The van der Waals surface area contributed by atoms with Gasteiger partial charge in [0.05, 0.1) is 11.4 Å². The van der Waals surface area contributed by atoms with Crippen molar-refractivity contribution in [2.45, 2.75) is 71.6 Å². The smallest absolute Gasteiger partial charge is 0.0730 e. The van der Waals surface area contributed by atoms with E-state index in [1.807, 2.05) is 0 Å². The summed E-state index contributed by atoms with van der Waals surface area (Å²) in [5.41, 5.74) is 4.59. The van der Waals surface area contributed by atoms with Crippen LogP contribution in [0.5, 0.6) is 0 Å². The molecule has 3 rings (SSSR count). The third-order valence-corrected chi connectivity index (χ3v) is 5.98. The van der Waals surface area contributed by atoms with E-state index in [1.165, 1.54) is 36.2 Å². The van der Waals surface area contributed by atoms with Crippen LogP contribution in [0.25, 0.3) is 0 Å². The number of hydrogen-bond acceptors (Lipinski definition) is 2. The minimum absolute atomic E-state index is 0.247. The molecular weight excluding hydrogens is 232 g/mol. The molecule has 1 aromatic heterocycles. The first kappa shape index (κ1) is 13.1. The molecule has 1 aromatic rings. The fraction of sp³-hybridized carbons (Fsp3) is 0.765. The van der Waals surface area contributed by atoms with Crippen molar-refractivity contribution in [3.05, 3.63) is 23.0 Å². The molecule has 2 nitrogen and oxygen atoms in total. The Balaban J connectivity index is 1.95. The van der Waals surface area contributed by atoms with Gasteiger partial charge in [-0.1, -0.05) is 34.6 Å². The summed E-state index contributed by atoms with van der Waals surface area (Å²) in [6.45, 7) is 11.8. The van der Waals surface area contributed by atoms with Crippen LogP contribution >= 0.6 is 0 Å². The number of fused-ring (bicyclic) bond motifs is 5. The second-order valence-corrected chi connectivity index (χ2v) is 7.72. The first-order chi connectivity index (χ1) is 8.86. The summed E-state index contributed by atoms with van der Waals surface area (Å²) in [7, 11) is 0. The van der Waals surface area contributed by atoms with Crippen LogP contribution in [0.4, 0.5) is 0 Å². The van der Waals surface area contributed by atoms with Gasteiger partial charge in [-0.25, -0.2) is 0 Å². The van der Waals surface area contributed by atoms with E-state index in [1.54, 1.807) is 0 Å². The first-order valence-electron chi connectivity index (χ1n) is 7.73. The van der Waals surface area contributed by atoms with Crippen LogP contribution in [0, 0.1) is 11.3 Å². The quantitative estimate of drug-likeness (QED) is 0.810. The lowest BCUT2D eigenvalue weighted by molar-refractivity contribution is 0.226. The minimum atomic E-state index is 0.247. The van der Waals surface area contributed by atoms with Crippen LogP contribution in [-0.2, 0) is 11.8 Å². The standard InChI is InChI=1S/C17H26N2/c1-11(2)6-7-12-10-13-14-8-9-17(5,16(14,3)4)15(13)19-18-12/h10-11,14H,6-9H2,1-5H3/t14-,17+/m0/s1. The zero-order valence-corrected chi connectivity index (χ0v) is 13.0. The summed E-state index contributed by atoms with van der Waals surface area (Å²) in [6.07, 6.45) is 4.88. The summed E-state index contributed by atoms with van der Waals surface area (Å²) in [4.78, 5) is 0. The van der Waals surface area contributed by atoms with Crippen LogP contribution in [0.1, 0.15) is 76.8 Å². The largest absolute Gasteiger partial charge is 0.155 e. The zero-order valence-electron chi connectivity index (χ0n) is 13.0. The van der Waals surface area contributed by atoms with E-state index in [-0.39, 0.29) is 5.41 Å². The molecule has 1 fully saturated rings. The fourth-order valence-corrected chi connectivity index (χ4v) is 4.17. The Kier molecular flexibility index (Phi) is 2.78. The number of hydrogen-bond donors (Lipinski definition) is 0. The van der Waals surface area contributed by atoms with Gasteiger partial charge in [-0.2, -0.15) is 10.2 Å². The number of aryl methyl sites for hydroxylation is 1. The highest BCUT2D eigenvalue weighted by atomic mass is 15.1. The summed E-state index contributed by atoms with van der Waals surface area (Å²) in [5.74, 6) is 1.43. The fourth-order valence-electron chi connectivity index (χ4n) is 4.17. The van der Waals surface area contributed by atoms with Gasteiger partial charge in [-0.3, -0.25) is 0 Å². The molecule has 0 unspecified atom stereocenters. The van der Waals surface area contributed by atoms with Crippen molar-refractivity contribution in [3.63, 3.8) is 0 Å². The predicted octanol–water partition coefficient (Wildman–Crippen LogP) is 4.24. The molecule has 0 aliphatic heterocycles. The van der Waals surface area contributed by atoms with Crippen molar-refractivity contribution in [3.8, 4) is 0 Å². The van der Waals surface area contributed by atoms with Gasteiger partial charge in [0.25, 0.3) is 0 Å². The van der Waals surface area contributed by atoms with Crippen molar-refractivity contribution in [2.24, 2.45) is 11.3 Å². The Bertz CT molecular complexity index is 504. The van der Waals surface area contributed by atoms with E-state index in [0.29, 0.717) is 11.3 Å². The van der Waals surface area contributed by atoms with Gasteiger partial charge in [0.2, 0.25) is 0 Å².